The number of nitrogens with zero attached hydrogens (tertiary/aromatic N) is 1. The molecule has 0 spiro atoms. The summed E-state index contributed by atoms with van der Waals surface area (Å²) in [5.74, 6) is -0.982. The lowest BCUT2D eigenvalue weighted by Crippen LogP contribution is -2.32. The SMILES string of the molecule is OB(O)c1c(Cl)cnc(F)c1Cl. The van der Waals surface area contributed by atoms with E-state index in [9.17, 15) is 4.39 Å². The van der Waals surface area contributed by atoms with Crippen LogP contribution < -0.4 is 5.46 Å². The molecule has 1 aromatic rings. The van der Waals surface area contributed by atoms with E-state index in [1.165, 1.54) is 0 Å². The normalized spacial score (nSPS) is 10.1. The van der Waals surface area contributed by atoms with Crippen LogP contribution in [0.25, 0.3) is 0 Å². The average molecular weight is 210 g/mol. The van der Waals surface area contributed by atoms with Gasteiger partial charge in [-0.25, -0.2) is 4.98 Å². The topological polar surface area (TPSA) is 53.4 Å². The number of halogens is 3. The van der Waals surface area contributed by atoms with Crippen molar-refractivity contribution in [3.05, 3.63) is 22.2 Å². The standard InChI is InChI=1S/C5H3BCl2FNO2/c7-2-1-10-5(9)4(8)3(2)6(11)12/h1,11-12H. The van der Waals surface area contributed by atoms with Crippen molar-refractivity contribution in [3.8, 4) is 0 Å². The van der Waals surface area contributed by atoms with Crippen molar-refractivity contribution in [2.24, 2.45) is 0 Å². The number of hydrogen-bond donors (Lipinski definition) is 2. The van der Waals surface area contributed by atoms with Crippen molar-refractivity contribution in [2.75, 3.05) is 0 Å². The maximum atomic E-state index is 12.6. The zero-order chi connectivity index (χ0) is 9.30. The molecule has 0 fully saturated rings. The zero-order valence-corrected chi connectivity index (χ0v) is 7.14. The van der Waals surface area contributed by atoms with Crippen LogP contribution in [0.2, 0.25) is 10.0 Å². The summed E-state index contributed by atoms with van der Waals surface area (Å²) in [4.78, 5) is 3.17. The summed E-state index contributed by atoms with van der Waals surface area (Å²) in [5, 5.41) is 16.8. The molecule has 0 atom stereocenters. The van der Waals surface area contributed by atoms with Crippen LogP contribution in [0.5, 0.6) is 0 Å². The van der Waals surface area contributed by atoms with E-state index >= 15 is 0 Å². The largest absolute Gasteiger partial charge is 0.491 e. The quantitative estimate of drug-likeness (QED) is 0.514. The minimum atomic E-state index is -1.90. The van der Waals surface area contributed by atoms with Gasteiger partial charge in [-0.3, -0.25) is 0 Å². The third kappa shape index (κ3) is 1.69. The second-order valence-electron chi connectivity index (χ2n) is 2.00. The summed E-state index contributed by atoms with van der Waals surface area (Å²) in [7, 11) is -1.90. The summed E-state index contributed by atoms with van der Waals surface area (Å²) in [6.07, 6.45) is 0.956. The molecule has 7 heteroatoms. The van der Waals surface area contributed by atoms with Gasteiger partial charge in [0.1, 0.15) is 0 Å². The van der Waals surface area contributed by atoms with Gasteiger partial charge in [0, 0.05) is 11.7 Å². The highest BCUT2D eigenvalue weighted by molar-refractivity contribution is 6.66. The molecule has 1 rings (SSSR count). The molecular weight excluding hydrogens is 207 g/mol. The number of rotatable bonds is 1. The molecule has 0 aliphatic rings. The summed E-state index contributed by atoms with van der Waals surface area (Å²) in [6.45, 7) is 0. The van der Waals surface area contributed by atoms with E-state index in [1.54, 1.807) is 0 Å². The van der Waals surface area contributed by atoms with Crippen molar-refractivity contribution < 1.29 is 14.4 Å². The number of aromatic nitrogens is 1. The lowest BCUT2D eigenvalue weighted by Gasteiger charge is -2.04. The van der Waals surface area contributed by atoms with Crippen LogP contribution >= 0.6 is 23.2 Å². The number of pyridine rings is 1. The molecule has 0 aliphatic carbocycles. The molecule has 2 N–H and O–H groups in total. The second-order valence-corrected chi connectivity index (χ2v) is 2.78. The Bertz CT molecular complexity index is 310. The summed E-state index contributed by atoms with van der Waals surface area (Å²) in [6, 6.07) is 0. The van der Waals surface area contributed by atoms with Gasteiger partial charge in [0.15, 0.2) is 0 Å². The van der Waals surface area contributed by atoms with E-state index in [2.05, 4.69) is 4.98 Å². The first-order valence-corrected chi connectivity index (χ1v) is 3.65. The van der Waals surface area contributed by atoms with E-state index in [-0.39, 0.29) is 10.5 Å². The van der Waals surface area contributed by atoms with Crippen LogP contribution in [-0.2, 0) is 0 Å². The Kier molecular flexibility index (Phi) is 2.90. The molecule has 0 aromatic carbocycles. The van der Waals surface area contributed by atoms with Gasteiger partial charge in [-0.1, -0.05) is 23.2 Å². The zero-order valence-electron chi connectivity index (χ0n) is 5.63. The molecule has 0 radical (unpaired) electrons. The van der Waals surface area contributed by atoms with Gasteiger partial charge in [-0.2, -0.15) is 4.39 Å². The highest BCUT2D eigenvalue weighted by Gasteiger charge is 2.22. The van der Waals surface area contributed by atoms with E-state index in [1.807, 2.05) is 0 Å². The molecular formula is C5H3BCl2FNO2. The van der Waals surface area contributed by atoms with E-state index in [0.29, 0.717) is 0 Å². The fraction of sp³-hybridized carbons (Fsp3) is 0. The average Bonchev–Trinajstić information content (AvgIpc) is 1.97. The van der Waals surface area contributed by atoms with Crippen molar-refractivity contribution in [2.45, 2.75) is 0 Å². The van der Waals surface area contributed by atoms with Crippen molar-refractivity contribution in [3.63, 3.8) is 0 Å². The first kappa shape index (κ1) is 9.73. The Hall–Kier alpha value is -0.355. The van der Waals surface area contributed by atoms with Crippen LogP contribution in [0.4, 0.5) is 4.39 Å². The van der Waals surface area contributed by atoms with Crippen molar-refractivity contribution in [1.29, 1.82) is 0 Å². The second kappa shape index (κ2) is 3.57. The van der Waals surface area contributed by atoms with Gasteiger partial charge >= 0.3 is 7.12 Å². The monoisotopic (exact) mass is 209 g/mol. The van der Waals surface area contributed by atoms with Crippen molar-refractivity contribution >= 4 is 35.8 Å². The summed E-state index contributed by atoms with van der Waals surface area (Å²) in [5.41, 5.74) is -0.272. The maximum Gasteiger partial charge on any atom is 0.491 e. The molecule has 64 valence electrons. The number of hydrogen-bond acceptors (Lipinski definition) is 3. The van der Waals surface area contributed by atoms with Gasteiger partial charge in [-0.05, 0) is 0 Å². The molecule has 1 heterocycles. The molecule has 3 nitrogen and oxygen atoms in total. The maximum absolute atomic E-state index is 12.6. The fourth-order valence-electron chi connectivity index (χ4n) is 0.692. The third-order valence-electron chi connectivity index (χ3n) is 1.22. The van der Waals surface area contributed by atoms with E-state index in [0.717, 1.165) is 6.20 Å². The smallest absolute Gasteiger partial charge is 0.423 e. The Balaban J connectivity index is 3.33. The molecule has 0 saturated carbocycles. The minimum Gasteiger partial charge on any atom is -0.423 e. The first-order valence-electron chi connectivity index (χ1n) is 2.89. The Morgan fingerprint density at radius 3 is 2.42 bits per heavy atom. The lowest BCUT2D eigenvalue weighted by atomic mass is 9.81. The van der Waals surface area contributed by atoms with Crippen molar-refractivity contribution in [1.82, 2.24) is 4.98 Å². The van der Waals surface area contributed by atoms with E-state index in [4.69, 9.17) is 33.2 Å². The van der Waals surface area contributed by atoms with E-state index < -0.39 is 18.1 Å². The minimum absolute atomic E-state index is 0.0867. The van der Waals surface area contributed by atoms with Crippen LogP contribution in [0.3, 0.4) is 0 Å². The molecule has 0 saturated heterocycles. The van der Waals surface area contributed by atoms with Gasteiger partial charge in [0.2, 0.25) is 5.95 Å². The van der Waals surface area contributed by atoms with Crippen LogP contribution in [0, 0.1) is 5.95 Å². The Labute approximate surface area is 77.9 Å². The summed E-state index contributed by atoms with van der Waals surface area (Å²) < 4.78 is 12.6. The van der Waals surface area contributed by atoms with Crippen LogP contribution in [0.1, 0.15) is 0 Å². The lowest BCUT2D eigenvalue weighted by molar-refractivity contribution is 0.425. The van der Waals surface area contributed by atoms with Gasteiger partial charge < -0.3 is 10.0 Å². The molecule has 0 amide bonds. The highest BCUT2D eigenvalue weighted by atomic mass is 35.5. The van der Waals surface area contributed by atoms with Gasteiger partial charge in [-0.15, -0.1) is 0 Å². The Morgan fingerprint density at radius 1 is 1.42 bits per heavy atom. The first-order chi connectivity index (χ1) is 5.54. The highest BCUT2D eigenvalue weighted by Crippen LogP contribution is 2.14. The van der Waals surface area contributed by atoms with Gasteiger partial charge in [0.05, 0.1) is 10.0 Å². The van der Waals surface area contributed by atoms with Gasteiger partial charge in [0.25, 0.3) is 0 Å². The third-order valence-corrected chi connectivity index (χ3v) is 1.89. The molecule has 0 aliphatic heterocycles. The fourth-order valence-corrected chi connectivity index (χ4v) is 1.23. The van der Waals surface area contributed by atoms with Crippen LogP contribution in [0.15, 0.2) is 6.20 Å². The predicted molar refractivity (Wildman–Crippen MR) is 44.0 cm³/mol. The van der Waals surface area contributed by atoms with Crippen LogP contribution in [-0.4, -0.2) is 22.2 Å². The predicted octanol–water partition coefficient (Wildman–Crippen LogP) is 0.207. The Morgan fingerprint density at radius 2 is 2.00 bits per heavy atom. The molecule has 0 bridgehead atoms. The molecule has 0 unspecified atom stereocenters. The molecule has 1 aromatic heterocycles. The molecule has 12 heavy (non-hydrogen) atoms. The summed E-state index contributed by atoms with van der Waals surface area (Å²) >= 11 is 10.8.